The Bertz CT molecular complexity index is 1130. The molecule has 4 rings (SSSR count). The smallest absolute Gasteiger partial charge is 0.136 e. The molecule has 0 spiro atoms. The van der Waals surface area contributed by atoms with E-state index in [4.69, 9.17) is 10.5 Å². The van der Waals surface area contributed by atoms with E-state index >= 15 is 0 Å². The number of benzene rings is 2. The molecule has 2 aromatic carbocycles. The standard InChI is InChI=1S/C20H12N2S4/c21-11-17(12-22)15-3-1-13(2-4-15)14-5-7-16(8-6-14)18-25-19-20(26-18)24-10-9-23-19/h1-8H,9-10H2. The van der Waals surface area contributed by atoms with Gasteiger partial charge in [0.25, 0.3) is 0 Å². The minimum absolute atomic E-state index is 0.144. The molecule has 0 saturated carbocycles. The molecule has 2 aromatic rings. The van der Waals surface area contributed by atoms with Gasteiger partial charge in [0.1, 0.15) is 17.7 Å². The highest BCUT2D eigenvalue weighted by Crippen LogP contribution is 2.59. The lowest BCUT2D eigenvalue weighted by Crippen LogP contribution is -2.02. The Morgan fingerprint density at radius 2 is 1.12 bits per heavy atom. The van der Waals surface area contributed by atoms with Crippen molar-refractivity contribution in [2.75, 3.05) is 11.5 Å². The van der Waals surface area contributed by atoms with Crippen LogP contribution < -0.4 is 10.4 Å². The van der Waals surface area contributed by atoms with Crippen LogP contribution in [0.4, 0.5) is 0 Å². The van der Waals surface area contributed by atoms with Crippen LogP contribution in [0.1, 0.15) is 0 Å². The molecular formula is C20H12N2S4. The van der Waals surface area contributed by atoms with Crippen LogP contribution in [0.2, 0.25) is 0 Å². The molecule has 6 heteroatoms. The fraction of sp³-hybridized carbons (Fsp3) is 0.100. The first kappa shape index (κ1) is 17.7. The summed E-state index contributed by atoms with van der Waals surface area (Å²) in [7, 11) is 0. The molecule has 0 amide bonds. The van der Waals surface area contributed by atoms with Gasteiger partial charge in [-0.1, -0.05) is 72.1 Å². The van der Waals surface area contributed by atoms with E-state index < -0.39 is 0 Å². The summed E-state index contributed by atoms with van der Waals surface area (Å²) in [5, 5.41) is 22.0. The monoisotopic (exact) mass is 408 g/mol. The van der Waals surface area contributed by atoms with Crippen molar-refractivity contribution in [2.24, 2.45) is 0 Å². The van der Waals surface area contributed by atoms with Crippen LogP contribution in [-0.4, -0.2) is 11.5 Å². The van der Waals surface area contributed by atoms with E-state index in [2.05, 4.69) is 24.3 Å². The fourth-order valence-electron chi connectivity index (χ4n) is 2.62. The number of hydrogen-bond donors (Lipinski definition) is 0. The van der Waals surface area contributed by atoms with Crippen LogP contribution >= 0.6 is 47.0 Å². The van der Waals surface area contributed by atoms with Gasteiger partial charge in [-0.25, -0.2) is 0 Å². The number of rotatable bonds is 0. The summed E-state index contributed by atoms with van der Waals surface area (Å²) in [4.78, 5) is 0. The van der Waals surface area contributed by atoms with Gasteiger partial charge in [0.15, 0.2) is 0 Å². The average molecular weight is 409 g/mol. The molecule has 126 valence electrons. The van der Waals surface area contributed by atoms with Crippen molar-refractivity contribution < 1.29 is 0 Å². The third-order valence-corrected chi connectivity index (χ3v) is 9.79. The molecule has 0 bridgehead atoms. The highest BCUT2D eigenvalue weighted by atomic mass is 32.3. The zero-order chi connectivity index (χ0) is 17.9. The molecule has 0 unspecified atom stereocenters. The molecule has 0 saturated heterocycles. The first-order chi connectivity index (χ1) is 12.8. The summed E-state index contributed by atoms with van der Waals surface area (Å²) in [5.41, 5.74) is 0.144. The van der Waals surface area contributed by atoms with Crippen molar-refractivity contribution in [3.63, 3.8) is 0 Å². The molecule has 2 aliphatic rings. The zero-order valence-corrected chi connectivity index (χ0v) is 16.8. The van der Waals surface area contributed by atoms with Gasteiger partial charge in [0.2, 0.25) is 0 Å². The van der Waals surface area contributed by atoms with Crippen LogP contribution in [0.5, 0.6) is 0 Å². The summed E-state index contributed by atoms with van der Waals surface area (Å²) in [6, 6.07) is 20.0. The van der Waals surface area contributed by atoms with Crippen LogP contribution in [0.3, 0.4) is 0 Å². The quantitative estimate of drug-likeness (QED) is 0.647. The Balaban J connectivity index is 1.72. The zero-order valence-electron chi connectivity index (χ0n) is 13.6. The Morgan fingerprint density at radius 3 is 1.62 bits per heavy atom. The van der Waals surface area contributed by atoms with Crippen molar-refractivity contribution in [3.05, 3.63) is 77.9 Å². The summed E-state index contributed by atoms with van der Waals surface area (Å²) >= 11 is 7.74. The number of nitriles is 2. The number of nitrogens with zero attached hydrogens (tertiary/aromatic N) is 2. The third-order valence-electron chi connectivity index (χ3n) is 3.94. The summed E-state index contributed by atoms with van der Waals surface area (Å²) < 4.78 is 4.28. The molecule has 2 nitrogen and oxygen atoms in total. The van der Waals surface area contributed by atoms with E-state index in [9.17, 15) is 0 Å². The van der Waals surface area contributed by atoms with E-state index in [1.165, 1.54) is 29.4 Å². The van der Waals surface area contributed by atoms with Crippen LogP contribution in [0.25, 0.3) is 9.81 Å². The molecule has 2 heterocycles. The molecule has 26 heavy (non-hydrogen) atoms. The second-order valence-corrected chi connectivity index (χ2v) is 10.5. The van der Waals surface area contributed by atoms with Crippen LogP contribution in [0.15, 0.2) is 57.0 Å². The Hall–Kier alpha value is -1.70. The predicted octanol–water partition coefficient (Wildman–Crippen LogP) is 4.32. The molecule has 0 radical (unpaired) electrons. The SMILES string of the molecule is N#CC(C#N)=c1ccc(=c2ccc(=C3SC4=C(SCCS4)S3)cc2)cc1. The van der Waals surface area contributed by atoms with E-state index in [1.807, 2.05) is 83.5 Å². The summed E-state index contributed by atoms with van der Waals surface area (Å²) in [6.45, 7) is 0. The topological polar surface area (TPSA) is 47.6 Å². The molecule has 0 N–H and O–H groups in total. The number of hydrogen-bond acceptors (Lipinski definition) is 6. The van der Waals surface area contributed by atoms with E-state index in [1.54, 1.807) is 0 Å². The van der Waals surface area contributed by atoms with Gasteiger partial charge in [-0.05, 0) is 15.7 Å². The van der Waals surface area contributed by atoms with Crippen molar-refractivity contribution in [1.82, 2.24) is 0 Å². The van der Waals surface area contributed by atoms with Gasteiger partial charge < -0.3 is 0 Å². The summed E-state index contributed by atoms with van der Waals surface area (Å²) in [6.07, 6.45) is 0. The van der Waals surface area contributed by atoms with Crippen molar-refractivity contribution >= 4 is 56.9 Å². The highest BCUT2D eigenvalue weighted by molar-refractivity contribution is 8.46. The molecule has 0 aromatic heterocycles. The van der Waals surface area contributed by atoms with Gasteiger partial charge >= 0.3 is 0 Å². The van der Waals surface area contributed by atoms with Crippen LogP contribution in [-0.2, 0) is 0 Å². The maximum atomic E-state index is 8.95. The second kappa shape index (κ2) is 7.90. The normalized spacial score (nSPS) is 16.0. The first-order valence-electron chi connectivity index (χ1n) is 7.89. The predicted molar refractivity (Wildman–Crippen MR) is 115 cm³/mol. The largest absolute Gasteiger partial charge is 0.192 e. The average Bonchev–Trinajstić information content (AvgIpc) is 3.14. The van der Waals surface area contributed by atoms with Crippen molar-refractivity contribution in [2.45, 2.75) is 0 Å². The fourth-order valence-corrected chi connectivity index (χ4v) is 8.56. The van der Waals surface area contributed by atoms with E-state index in [0.717, 1.165) is 10.4 Å². The molecular weight excluding hydrogens is 397 g/mol. The lowest BCUT2D eigenvalue weighted by Gasteiger charge is -2.08. The van der Waals surface area contributed by atoms with Gasteiger partial charge in [-0.15, -0.1) is 23.5 Å². The molecule has 0 atom stereocenters. The molecule has 0 aliphatic carbocycles. The van der Waals surface area contributed by atoms with Gasteiger partial charge in [0.05, 0.1) is 12.7 Å². The summed E-state index contributed by atoms with van der Waals surface area (Å²) in [5.74, 6) is 2.41. The Morgan fingerprint density at radius 1 is 0.654 bits per heavy atom. The van der Waals surface area contributed by atoms with Gasteiger partial charge in [0, 0.05) is 16.7 Å². The van der Waals surface area contributed by atoms with Crippen molar-refractivity contribution in [1.29, 1.82) is 10.5 Å². The van der Waals surface area contributed by atoms with E-state index in [-0.39, 0.29) is 5.57 Å². The lowest BCUT2D eigenvalue weighted by molar-refractivity contribution is 1.44. The highest BCUT2D eigenvalue weighted by Gasteiger charge is 2.24. The van der Waals surface area contributed by atoms with Gasteiger partial charge in [-0.2, -0.15) is 10.5 Å². The van der Waals surface area contributed by atoms with Crippen molar-refractivity contribution in [3.8, 4) is 12.1 Å². The number of thioether (sulfide) groups is 4. The van der Waals surface area contributed by atoms with E-state index in [0.29, 0.717) is 5.22 Å². The lowest BCUT2D eigenvalue weighted by atomic mass is 10.1. The minimum atomic E-state index is 0.144. The molecule has 2 aliphatic heterocycles. The Labute approximate surface area is 168 Å². The Kier molecular flexibility index (Phi) is 5.38. The first-order valence-corrected chi connectivity index (χ1v) is 11.5. The third kappa shape index (κ3) is 3.56. The van der Waals surface area contributed by atoms with Crippen LogP contribution in [0, 0.1) is 33.1 Å². The minimum Gasteiger partial charge on any atom is -0.192 e. The maximum Gasteiger partial charge on any atom is 0.136 e. The second-order valence-electron chi connectivity index (χ2n) is 5.52. The van der Waals surface area contributed by atoms with Gasteiger partial charge in [-0.3, -0.25) is 0 Å². The molecule has 0 fully saturated rings. The maximum absolute atomic E-state index is 8.95.